The van der Waals surface area contributed by atoms with Gasteiger partial charge in [-0.3, -0.25) is 4.68 Å². The van der Waals surface area contributed by atoms with E-state index in [0.717, 1.165) is 36.3 Å². The standard InChI is InChI=1S/C14H15ClN4O/c1-19-7-8(6-16-19)11-5-13(15)18-14(17-11)10-4-9-2-3-12(10)20-9/h5-7,9-10,12H,2-4H2,1H3. The topological polar surface area (TPSA) is 52.8 Å². The number of hydrogen-bond donors (Lipinski definition) is 0. The third-order valence-corrected chi connectivity index (χ3v) is 4.34. The molecule has 2 aliphatic rings. The van der Waals surface area contributed by atoms with Crippen LogP contribution in [0, 0.1) is 0 Å². The van der Waals surface area contributed by atoms with Crippen molar-refractivity contribution in [1.29, 1.82) is 0 Å². The van der Waals surface area contributed by atoms with Gasteiger partial charge in [0.15, 0.2) is 0 Å². The lowest BCUT2D eigenvalue weighted by molar-refractivity contribution is 0.0999. The number of aromatic nitrogens is 4. The van der Waals surface area contributed by atoms with Gasteiger partial charge in [0.2, 0.25) is 0 Å². The Balaban J connectivity index is 1.72. The maximum absolute atomic E-state index is 6.17. The summed E-state index contributed by atoms with van der Waals surface area (Å²) in [7, 11) is 1.89. The summed E-state index contributed by atoms with van der Waals surface area (Å²) in [4.78, 5) is 9.10. The fraction of sp³-hybridized carbons (Fsp3) is 0.500. The zero-order valence-electron chi connectivity index (χ0n) is 11.2. The molecular formula is C14H15ClN4O. The molecule has 2 bridgehead atoms. The number of ether oxygens (including phenoxy) is 1. The SMILES string of the molecule is Cn1cc(-c2cc(Cl)nc(C3CC4CCC3O4)n2)cn1. The van der Waals surface area contributed by atoms with Gasteiger partial charge in [-0.2, -0.15) is 5.10 Å². The fourth-order valence-electron chi connectivity index (χ4n) is 3.21. The van der Waals surface area contributed by atoms with Gasteiger partial charge < -0.3 is 4.74 Å². The van der Waals surface area contributed by atoms with Gasteiger partial charge in [0.1, 0.15) is 11.0 Å². The van der Waals surface area contributed by atoms with Crippen LogP contribution in [-0.4, -0.2) is 32.0 Å². The maximum Gasteiger partial charge on any atom is 0.136 e. The van der Waals surface area contributed by atoms with Crippen molar-refractivity contribution in [3.05, 3.63) is 29.4 Å². The van der Waals surface area contributed by atoms with Gasteiger partial charge in [0, 0.05) is 30.8 Å². The molecule has 2 aromatic rings. The minimum atomic E-state index is 0.264. The predicted molar refractivity (Wildman–Crippen MR) is 74.5 cm³/mol. The molecule has 0 N–H and O–H groups in total. The van der Waals surface area contributed by atoms with Crippen LogP contribution in [0.4, 0.5) is 0 Å². The van der Waals surface area contributed by atoms with E-state index in [-0.39, 0.29) is 12.0 Å². The van der Waals surface area contributed by atoms with E-state index in [1.807, 2.05) is 13.2 Å². The number of halogens is 1. The third-order valence-electron chi connectivity index (χ3n) is 4.15. The summed E-state index contributed by atoms with van der Waals surface area (Å²) in [6.07, 6.45) is 7.65. The van der Waals surface area contributed by atoms with Crippen molar-refractivity contribution < 1.29 is 4.74 Å². The quantitative estimate of drug-likeness (QED) is 0.798. The van der Waals surface area contributed by atoms with Crippen molar-refractivity contribution in [2.45, 2.75) is 37.4 Å². The normalized spacial score (nSPS) is 28.2. The monoisotopic (exact) mass is 290 g/mol. The van der Waals surface area contributed by atoms with E-state index in [1.165, 1.54) is 0 Å². The van der Waals surface area contributed by atoms with Crippen LogP contribution in [0.25, 0.3) is 11.3 Å². The highest BCUT2D eigenvalue weighted by molar-refractivity contribution is 6.29. The molecule has 0 aliphatic carbocycles. The molecule has 104 valence electrons. The molecule has 5 nitrogen and oxygen atoms in total. The average Bonchev–Trinajstić information content (AvgIpc) is 3.13. The molecule has 4 heterocycles. The molecule has 4 rings (SSSR count). The molecule has 6 heteroatoms. The average molecular weight is 291 g/mol. The van der Waals surface area contributed by atoms with Gasteiger partial charge in [0.05, 0.1) is 24.1 Å². The molecule has 0 spiro atoms. The first kappa shape index (κ1) is 12.3. The third kappa shape index (κ3) is 2.01. The van der Waals surface area contributed by atoms with E-state index in [9.17, 15) is 0 Å². The largest absolute Gasteiger partial charge is 0.374 e. The minimum Gasteiger partial charge on any atom is -0.374 e. The highest BCUT2D eigenvalue weighted by atomic mass is 35.5. The Kier molecular flexibility index (Phi) is 2.79. The van der Waals surface area contributed by atoms with Crippen molar-refractivity contribution in [1.82, 2.24) is 19.7 Å². The predicted octanol–water partition coefficient (Wildman–Crippen LogP) is 2.57. The Bertz CT molecular complexity index is 656. The van der Waals surface area contributed by atoms with Gasteiger partial charge >= 0.3 is 0 Å². The van der Waals surface area contributed by atoms with Crippen molar-refractivity contribution in [2.75, 3.05) is 0 Å². The van der Waals surface area contributed by atoms with E-state index in [2.05, 4.69) is 15.1 Å². The van der Waals surface area contributed by atoms with Crippen molar-refractivity contribution in [3.63, 3.8) is 0 Å². The van der Waals surface area contributed by atoms with Crippen LogP contribution in [0.5, 0.6) is 0 Å². The van der Waals surface area contributed by atoms with Gasteiger partial charge in [-0.25, -0.2) is 9.97 Å². The summed E-state index contributed by atoms with van der Waals surface area (Å²) in [5.74, 6) is 1.09. The Morgan fingerprint density at radius 2 is 2.25 bits per heavy atom. The minimum absolute atomic E-state index is 0.264. The zero-order valence-corrected chi connectivity index (χ0v) is 11.9. The summed E-state index contributed by atoms with van der Waals surface area (Å²) in [6.45, 7) is 0. The van der Waals surface area contributed by atoms with Crippen LogP contribution in [-0.2, 0) is 11.8 Å². The highest BCUT2D eigenvalue weighted by Gasteiger charge is 2.43. The second-order valence-corrected chi connectivity index (χ2v) is 5.94. The maximum atomic E-state index is 6.17. The molecule has 2 aliphatic heterocycles. The molecule has 0 radical (unpaired) electrons. The van der Waals surface area contributed by atoms with Gasteiger partial charge in [-0.1, -0.05) is 11.6 Å². The van der Waals surface area contributed by atoms with E-state index >= 15 is 0 Å². The summed E-state index contributed by atoms with van der Waals surface area (Å²) in [5, 5.41) is 4.66. The van der Waals surface area contributed by atoms with Gasteiger partial charge in [-0.15, -0.1) is 0 Å². The van der Waals surface area contributed by atoms with Crippen LogP contribution >= 0.6 is 11.6 Å². The lowest BCUT2D eigenvalue weighted by atomic mass is 9.88. The highest BCUT2D eigenvalue weighted by Crippen LogP contribution is 2.43. The summed E-state index contributed by atoms with van der Waals surface area (Å²) < 4.78 is 7.64. The lowest BCUT2D eigenvalue weighted by Crippen LogP contribution is -2.17. The van der Waals surface area contributed by atoms with E-state index < -0.39 is 0 Å². The molecule has 2 saturated heterocycles. The van der Waals surface area contributed by atoms with Crippen molar-refractivity contribution >= 4 is 11.6 Å². The van der Waals surface area contributed by atoms with E-state index in [4.69, 9.17) is 16.3 Å². The molecule has 20 heavy (non-hydrogen) atoms. The Labute approximate surface area is 121 Å². The van der Waals surface area contributed by atoms with Crippen LogP contribution in [0.2, 0.25) is 5.15 Å². The zero-order chi connectivity index (χ0) is 13.7. The number of hydrogen-bond acceptors (Lipinski definition) is 4. The lowest BCUT2D eigenvalue weighted by Gasteiger charge is -2.17. The molecule has 0 amide bonds. The summed E-state index contributed by atoms with van der Waals surface area (Å²) in [5.41, 5.74) is 1.79. The first-order valence-electron chi connectivity index (χ1n) is 6.88. The molecule has 0 saturated carbocycles. The first-order chi connectivity index (χ1) is 9.69. The van der Waals surface area contributed by atoms with Crippen LogP contribution < -0.4 is 0 Å². The molecule has 3 atom stereocenters. The Morgan fingerprint density at radius 1 is 1.35 bits per heavy atom. The van der Waals surface area contributed by atoms with Crippen LogP contribution in [0.1, 0.15) is 31.0 Å². The van der Waals surface area contributed by atoms with Crippen molar-refractivity contribution in [3.8, 4) is 11.3 Å². The fourth-order valence-corrected chi connectivity index (χ4v) is 3.40. The second-order valence-electron chi connectivity index (χ2n) is 5.55. The summed E-state index contributed by atoms with van der Waals surface area (Å²) >= 11 is 6.17. The smallest absolute Gasteiger partial charge is 0.136 e. The second kappa shape index (κ2) is 4.53. The van der Waals surface area contributed by atoms with E-state index in [1.54, 1.807) is 16.9 Å². The number of aryl methyl sites for hydroxylation is 1. The first-order valence-corrected chi connectivity index (χ1v) is 7.26. The van der Waals surface area contributed by atoms with Crippen molar-refractivity contribution in [2.24, 2.45) is 7.05 Å². The molecule has 3 unspecified atom stereocenters. The van der Waals surface area contributed by atoms with Crippen LogP contribution in [0.3, 0.4) is 0 Å². The Hall–Kier alpha value is -1.46. The van der Waals surface area contributed by atoms with E-state index in [0.29, 0.717) is 11.3 Å². The van der Waals surface area contributed by atoms with Gasteiger partial charge in [-0.05, 0) is 19.3 Å². The molecule has 2 fully saturated rings. The van der Waals surface area contributed by atoms with Crippen LogP contribution in [0.15, 0.2) is 18.5 Å². The number of nitrogens with zero attached hydrogens (tertiary/aromatic N) is 4. The molecule has 0 aromatic carbocycles. The number of fused-ring (bicyclic) bond motifs is 2. The summed E-state index contributed by atoms with van der Waals surface area (Å²) in [6, 6.07) is 1.79. The number of rotatable bonds is 2. The molecular weight excluding hydrogens is 276 g/mol. The van der Waals surface area contributed by atoms with Gasteiger partial charge in [0.25, 0.3) is 0 Å². The molecule has 2 aromatic heterocycles. The Morgan fingerprint density at radius 3 is 2.90 bits per heavy atom.